The Hall–Kier alpha value is -0.680. The Balaban J connectivity index is 4.09. The van der Waals surface area contributed by atoms with E-state index in [0.717, 1.165) is 0 Å². The maximum absolute atomic E-state index is 11.6. The molecule has 5 heteroatoms. The summed E-state index contributed by atoms with van der Waals surface area (Å²) in [5.41, 5.74) is 4.87. The number of thiocarbonyl (C=S) groups is 1. The summed E-state index contributed by atoms with van der Waals surface area (Å²) in [6, 6.07) is 0. The highest BCUT2D eigenvalue weighted by Gasteiger charge is 2.24. The van der Waals surface area contributed by atoms with E-state index in [9.17, 15) is 4.79 Å². The number of methoxy groups -OCH3 is 1. The maximum Gasteiger partial charge on any atom is 0.221 e. The van der Waals surface area contributed by atoms with Crippen molar-refractivity contribution >= 4 is 23.1 Å². The van der Waals surface area contributed by atoms with Gasteiger partial charge in [0, 0.05) is 20.1 Å². The molecule has 0 aliphatic carbocycles. The number of rotatable bonds is 6. The molecule has 15 heavy (non-hydrogen) atoms. The van der Waals surface area contributed by atoms with Gasteiger partial charge in [0.1, 0.15) is 0 Å². The number of hydrogen-bond donors (Lipinski definition) is 2. The summed E-state index contributed by atoms with van der Waals surface area (Å²) >= 11 is 4.85. The standard InChI is InChI=1S/C10H20N2O2S/c1-7(6-14-4)5-8(13)12-10(2,3)9(11)15/h7H,5-6H2,1-4H3,(H2,11,15)(H,12,13). The monoisotopic (exact) mass is 232 g/mol. The molecular weight excluding hydrogens is 212 g/mol. The highest BCUT2D eigenvalue weighted by Crippen LogP contribution is 2.06. The Morgan fingerprint density at radius 2 is 2.13 bits per heavy atom. The molecule has 0 fully saturated rings. The van der Waals surface area contributed by atoms with Crippen LogP contribution in [0, 0.1) is 5.92 Å². The fourth-order valence-electron chi connectivity index (χ4n) is 1.12. The van der Waals surface area contributed by atoms with Gasteiger partial charge in [0.2, 0.25) is 5.91 Å². The van der Waals surface area contributed by atoms with Crippen LogP contribution in [0.1, 0.15) is 27.2 Å². The molecule has 0 aromatic rings. The topological polar surface area (TPSA) is 64.3 Å². The lowest BCUT2D eigenvalue weighted by molar-refractivity contribution is -0.123. The van der Waals surface area contributed by atoms with E-state index in [0.29, 0.717) is 13.0 Å². The van der Waals surface area contributed by atoms with E-state index in [1.54, 1.807) is 21.0 Å². The molecule has 0 aliphatic heterocycles. The van der Waals surface area contributed by atoms with Crippen LogP contribution in [0.25, 0.3) is 0 Å². The Labute approximate surface area is 96.5 Å². The molecule has 0 saturated heterocycles. The molecule has 0 heterocycles. The average Bonchev–Trinajstić information content (AvgIpc) is 2.02. The third-order valence-electron chi connectivity index (χ3n) is 2.05. The second kappa shape index (κ2) is 6.02. The van der Waals surface area contributed by atoms with Gasteiger partial charge in [-0.05, 0) is 19.8 Å². The van der Waals surface area contributed by atoms with Gasteiger partial charge in [-0.15, -0.1) is 0 Å². The van der Waals surface area contributed by atoms with Crippen LogP contribution in [-0.2, 0) is 9.53 Å². The number of carbonyl (C=O) groups excluding carboxylic acids is 1. The molecule has 0 radical (unpaired) electrons. The fourth-order valence-corrected chi connectivity index (χ4v) is 1.17. The van der Waals surface area contributed by atoms with Gasteiger partial charge in [0.15, 0.2) is 0 Å². The van der Waals surface area contributed by atoms with Crippen molar-refractivity contribution in [3.63, 3.8) is 0 Å². The SMILES string of the molecule is COCC(C)CC(=O)NC(C)(C)C(N)=S. The molecule has 0 aromatic carbocycles. The van der Waals surface area contributed by atoms with E-state index in [1.807, 2.05) is 6.92 Å². The summed E-state index contributed by atoms with van der Waals surface area (Å²) in [6.45, 7) is 6.10. The molecule has 0 saturated carbocycles. The van der Waals surface area contributed by atoms with Gasteiger partial charge in [-0.25, -0.2) is 0 Å². The van der Waals surface area contributed by atoms with Crippen molar-refractivity contribution in [2.24, 2.45) is 11.7 Å². The molecule has 0 bridgehead atoms. The largest absolute Gasteiger partial charge is 0.391 e. The van der Waals surface area contributed by atoms with Crippen LogP contribution in [0.15, 0.2) is 0 Å². The first-order valence-corrected chi connectivity index (χ1v) is 5.30. The zero-order chi connectivity index (χ0) is 12.1. The Kier molecular flexibility index (Phi) is 5.75. The number of nitrogens with one attached hydrogen (secondary N) is 1. The Morgan fingerprint density at radius 3 is 2.53 bits per heavy atom. The van der Waals surface area contributed by atoms with Crippen molar-refractivity contribution in [2.45, 2.75) is 32.7 Å². The molecule has 1 atom stereocenters. The van der Waals surface area contributed by atoms with Crippen LogP contribution >= 0.6 is 12.2 Å². The van der Waals surface area contributed by atoms with Crippen LogP contribution in [-0.4, -0.2) is 30.2 Å². The van der Waals surface area contributed by atoms with Gasteiger partial charge in [0.25, 0.3) is 0 Å². The zero-order valence-corrected chi connectivity index (χ0v) is 10.6. The predicted molar refractivity (Wildman–Crippen MR) is 64.7 cm³/mol. The Morgan fingerprint density at radius 1 is 1.60 bits per heavy atom. The number of amides is 1. The van der Waals surface area contributed by atoms with Gasteiger partial charge in [-0.3, -0.25) is 4.79 Å². The minimum Gasteiger partial charge on any atom is -0.391 e. The smallest absolute Gasteiger partial charge is 0.221 e. The van der Waals surface area contributed by atoms with Crippen LogP contribution in [0.4, 0.5) is 0 Å². The van der Waals surface area contributed by atoms with Crippen molar-refractivity contribution in [3.8, 4) is 0 Å². The molecule has 0 spiro atoms. The first-order valence-electron chi connectivity index (χ1n) is 4.89. The molecule has 4 nitrogen and oxygen atoms in total. The lowest BCUT2D eigenvalue weighted by Crippen LogP contribution is -2.52. The summed E-state index contributed by atoms with van der Waals surface area (Å²) < 4.78 is 4.95. The number of nitrogens with two attached hydrogens (primary N) is 1. The molecular formula is C10H20N2O2S. The second-order valence-corrected chi connectivity index (χ2v) is 4.74. The number of hydrogen-bond acceptors (Lipinski definition) is 3. The minimum atomic E-state index is -0.626. The fraction of sp³-hybridized carbons (Fsp3) is 0.800. The molecule has 0 rings (SSSR count). The van der Waals surface area contributed by atoms with Gasteiger partial charge >= 0.3 is 0 Å². The van der Waals surface area contributed by atoms with E-state index < -0.39 is 5.54 Å². The van der Waals surface area contributed by atoms with Gasteiger partial charge in [-0.2, -0.15) is 0 Å². The number of ether oxygens (including phenoxy) is 1. The summed E-state index contributed by atoms with van der Waals surface area (Å²) in [5.74, 6) is 0.134. The van der Waals surface area contributed by atoms with E-state index in [1.165, 1.54) is 0 Å². The summed E-state index contributed by atoms with van der Waals surface area (Å²) in [6.07, 6.45) is 0.417. The first-order chi connectivity index (χ1) is 6.79. The van der Waals surface area contributed by atoms with E-state index >= 15 is 0 Å². The van der Waals surface area contributed by atoms with Gasteiger partial charge in [-0.1, -0.05) is 19.1 Å². The molecule has 0 aromatic heterocycles. The van der Waals surface area contributed by atoms with Crippen molar-refractivity contribution in [3.05, 3.63) is 0 Å². The molecule has 0 aliphatic rings. The lowest BCUT2D eigenvalue weighted by Gasteiger charge is -2.25. The summed E-state index contributed by atoms with van der Waals surface area (Å²) in [7, 11) is 1.62. The van der Waals surface area contributed by atoms with E-state index in [4.69, 9.17) is 22.7 Å². The summed E-state index contributed by atoms with van der Waals surface area (Å²) in [4.78, 5) is 11.9. The quantitative estimate of drug-likeness (QED) is 0.666. The van der Waals surface area contributed by atoms with Crippen molar-refractivity contribution < 1.29 is 9.53 Å². The Bertz CT molecular complexity index is 242. The minimum absolute atomic E-state index is 0.0580. The van der Waals surface area contributed by atoms with Gasteiger partial charge in [0.05, 0.1) is 10.5 Å². The van der Waals surface area contributed by atoms with Crippen molar-refractivity contribution in [1.29, 1.82) is 0 Å². The second-order valence-electron chi connectivity index (χ2n) is 4.30. The average molecular weight is 232 g/mol. The predicted octanol–water partition coefficient (Wildman–Crippen LogP) is 0.840. The zero-order valence-electron chi connectivity index (χ0n) is 9.79. The van der Waals surface area contributed by atoms with E-state index in [2.05, 4.69) is 5.32 Å². The first kappa shape index (κ1) is 14.3. The maximum atomic E-state index is 11.6. The van der Waals surface area contributed by atoms with Gasteiger partial charge < -0.3 is 15.8 Å². The summed E-state index contributed by atoms with van der Waals surface area (Å²) in [5, 5.41) is 2.78. The molecule has 1 unspecified atom stereocenters. The van der Waals surface area contributed by atoms with Crippen LogP contribution in [0.2, 0.25) is 0 Å². The molecule has 1 amide bonds. The van der Waals surface area contributed by atoms with Crippen molar-refractivity contribution in [2.75, 3.05) is 13.7 Å². The van der Waals surface area contributed by atoms with Crippen LogP contribution < -0.4 is 11.1 Å². The van der Waals surface area contributed by atoms with Crippen LogP contribution in [0.3, 0.4) is 0 Å². The lowest BCUT2D eigenvalue weighted by atomic mass is 10.0. The van der Waals surface area contributed by atoms with Crippen LogP contribution in [0.5, 0.6) is 0 Å². The third kappa shape index (κ3) is 5.69. The highest BCUT2D eigenvalue weighted by atomic mass is 32.1. The van der Waals surface area contributed by atoms with E-state index in [-0.39, 0.29) is 16.8 Å². The molecule has 3 N–H and O–H groups in total. The normalized spacial score (nSPS) is 13.3. The van der Waals surface area contributed by atoms with Crippen molar-refractivity contribution in [1.82, 2.24) is 5.32 Å². The third-order valence-corrected chi connectivity index (χ3v) is 2.56. The highest BCUT2D eigenvalue weighted by molar-refractivity contribution is 7.80. The molecule has 88 valence electrons. The number of carbonyl (C=O) groups is 1.